The van der Waals surface area contributed by atoms with Gasteiger partial charge in [0.15, 0.2) is 5.71 Å². The van der Waals surface area contributed by atoms with Crippen molar-refractivity contribution in [3.8, 4) is 0 Å². The molecule has 19 nitrogen and oxygen atoms in total. The Hall–Kier alpha value is 0.150. The average Bonchev–Trinajstić information content (AvgIpc) is 3.45. The molecule has 4 rings (SSSR count). The normalized spacial score (nSPS) is 19.5. The summed E-state index contributed by atoms with van der Waals surface area (Å²) < 4.78 is 177. The second kappa shape index (κ2) is 25.3. The minimum absolute atomic E-state index is 0. The van der Waals surface area contributed by atoms with E-state index in [1.807, 2.05) is 0 Å². The van der Waals surface area contributed by atoms with Crippen LogP contribution < -0.4 is 123 Å². The van der Waals surface area contributed by atoms with Crippen molar-refractivity contribution in [1.82, 2.24) is 0 Å². The van der Waals surface area contributed by atoms with Gasteiger partial charge in [0.25, 0.3) is 0 Å². The second-order valence-electron chi connectivity index (χ2n) is 14.8. The Morgan fingerprint density at radius 3 is 1.69 bits per heavy atom. The zero-order valence-electron chi connectivity index (χ0n) is 36.3. The molecular formula is C36H42N2Na4O17S5. The molecule has 2 unspecified atom stereocenters. The zero-order valence-corrected chi connectivity index (χ0v) is 48.3. The van der Waals surface area contributed by atoms with Crippen molar-refractivity contribution in [3.05, 3.63) is 83.6 Å². The summed E-state index contributed by atoms with van der Waals surface area (Å²) in [5, 5.41) is 9.37. The Labute approximate surface area is 463 Å². The van der Waals surface area contributed by atoms with Gasteiger partial charge < -0.3 is 32.8 Å². The van der Waals surface area contributed by atoms with E-state index in [-0.39, 0.29) is 182 Å². The van der Waals surface area contributed by atoms with Gasteiger partial charge in [0.05, 0.1) is 45.6 Å². The summed E-state index contributed by atoms with van der Waals surface area (Å²) >= 11 is 0. The molecule has 0 saturated carbocycles. The van der Waals surface area contributed by atoms with Gasteiger partial charge in [-0.3, -0.25) is 4.79 Å². The van der Waals surface area contributed by atoms with Crippen LogP contribution in [0, 0.1) is 0 Å². The maximum Gasteiger partial charge on any atom is 1.00 e. The van der Waals surface area contributed by atoms with Gasteiger partial charge >= 0.3 is 124 Å². The van der Waals surface area contributed by atoms with E-state index in [0.29, 0.717) is 28.3 Å². The van der Waals surface area contributed by atoms with Crippen molar-refractivity contribution in [3.63, 3.8) is 0 Å². The second-order valence-corrected chi connectivity index (χ2v) is 22.1. The molecule has 64 heavy (non-hydrogen) atoms. The number of carbonyl (C=O) groups is 1. The fourth-order valence-corrected chi connectivity index (χ4v) is 10.2. The molecule has 2 aromatic carbocycles. The number of rotatable bonds is 21. The standard InChI is InChI=1S/C36H46N2O17S5.4Na/c1-35(17-6-12-34(39)40)28-24-26(59(50,51)52)13-15-30(28)37(19-8-22-57(44,45)46)32(35)10-4-3-5-11-33-36(2,18-7-21-56(41,42)43)29-25-27(60(53,54)55)14-16-31(29)38(33)20-9-23-58(47,48)49;;;;/h3-5,10-11,13-16,24-25H,6-9,12,17-23H2,1-2H3,(H5-,39,40,41,42,43,44,45,46,47,48,49,50,51,52,53,54,55);;;;/q;4*+1/p-4. The molecule has 0 radical (unpaired) electrons. The predicted molar refractivity (Wildman–Crippen MR) is 211 cm³/mol. The number of carboxylic acid groups (broad SMARTS) is 1. The molecular weight excluding hydrogens is 985 g/mol. The zero-order chi connectivity index (χ0) is 45.1. The van der Waals surface area contributed by atoms with Gasteiger partial charge in [-0.25, -0.2) is 42.1 Å². The summed E-state index contributed by atoms with van der Waals surface area (Å²) in [6.45, 7) is 3.12. The molecule has 28 heteroatoms. The van der Waals surface area contributed by atoms with Crippen molar-refractivity contribution >= 4 is 73.6 Å². The van der Waals surface area contributed by atoms with Crippen LogP contribution in [0.2, 0.25) is 0 Å². The Kier molecular flexibility index (Phi) is 25.4. The van der Waals surface area contributed by atoms with Crippen molar-refractivity contribution < 1.29 is 198 Å². The molecule has 0 amide bonds. The fraction of sp³-hybridized carbons (Fsp3) is 0.444. The molecule has 0 aliphatic carbocycles. The number of fused-ring (bicyclic) bond motifs is 2. The molecule has 1 N–H and O–H groups in total. The van der Waals surface area contributed by atoms with Crippen molar-refractivity contribution in [2.45, 2.75) is 79.4 Å². The molecule has 0 bridgehead atoms. The first kappa shape index (κ1) is 64.2. The van der Waals surface area contributed by atoms with Gasteiger partial charge in [0.1, 0.15) is 26.8 Å². The van der Waals surface area contributed by atoms with Gasteiger partial charge in [-0.15, -0.1) is 0 Å². The quantitative estimate of drug-likeness (QED) is 0.0525. The molecule has 0 aromatic heterocycles. The van der Waals surface area contributed by atoms with E-state index in [0.717, 1.165) is 18.2 Å². The van der Waals surface area contributed by atoms with Crippen LogP contribution in [0.5, 0.6) is 0 Å². The molecule has 2 aliphatic heterocycles. The van der Waals surface area contributed by atoms with Crippen LogP contribution in [0.25, 0.3) is 0 Å². The van der Waals surface area contributed by atoms with E-state index in [9.17, 15) is 74.8 Å². The number of hydrogen-bond acceptors (Lipinski definition) is 17. The number of benzene rings is 2. The summed E-state index contributed by atoms with van der Waals surface area (Å²) in [6.07, 6.45) is 6.94. The smallest absolute Gasteiger partial charge is 0.748 e. The van der Waals surface area contributed by atoms with Crippen LogP contribution in [0.15, 0.2) is 82.3 Å². The summed E-state index contributed by atoms with van der Waals surface area (Å²) in [5.74, 6) is -3.41. The first-order chi connectivity index (χ1) is 27.5. The molecule has 2 aliphatic rings. The van der Waals surface area contributed by atoms with Gasteiger partial charge in [-0.2, -0.15) is 4.58 Å². The monoisotopic (exact) mass is 1030 g/mol. The largest absolute Gasteiger partial charge is 1.00 e. The molecule has 332 valence electrons. The number of aliphatic carboxylic acids is 1. The topological polar surface area (TPSA) is 330 Å². The maximum atomic E-state index is 12.0. The number of carboxylic acids is 1. The summed E-state index contributed by atoms with van der Waals surface area (Å²) in [7, 11) is -23.9. The van der Waals surface area contributed by atoms with E-state index in [2.05, 4.69) is 0 Å². The Bertz CT molecular complexity index is 2730. The van der Waals surface area contributed by atoms with E-state index in [4.69, 9.17) is 0 Å². The number of allylic oxidation sites excluding steroid dienone is 6. The summed E-state index contributed by atoms with van der Waals surface area (Å²) in [5.41, 5.74) is -0.397. The SMILES string of the molecule is CC1(CCCC(=O)O)C(/C=C/C=C/C=C2\N(CCCS(=O)(=O)[O-])c3ccc(S(=O)(=O)[O-])cc3C2(C)CCCS(=O)(=O)[O-])=[N+](CCCS(=O)(=O)[O-])c2ccc(S(=O)(=O)[O-])cc21.[Na+].[Na+].[Na+].[Na+]. The van der Waals surface area contributed by atoms with Crippen LogP contribution in [-0.4, -0.2) is 117 Å². The Balaban J connectivity index is 0.00000992. The van der Waals surface area contributed by atoms with Crippen molar-refractivity contribution in [1.29, 1.82) is 0 Å². The summed E-state index contributed by atoms with van der Waals surface area (Å²) in [4.78, 5) is 11.9. The third kappa shape index (κ3) is 17.5. The first-order valence-electron chi connectivity index (χ1n) is 18.2. The van der Waals surface area contributed by atoms with E-state index in [1.54, 1.807) is 29.4 Å². The predicted octanol–water partition coefficient (Wildman–Crippen LogP) is -9.91. The molecule has 2 aromatic rings. The number of anilines is 1. The Morgan fingerprint density at radius 2 is 1.16 bits per heavy atom. The van der Waals surface area contributed by atoms with Gasteiger partial charge in [0, 0.05) is 71.2 Å². The third-order valence-electron chi connectivity index (χ3n) is 10.4. The van der Waals surface area contributed by atoms with Crippen LogP contribution in [0.4, 0.5) is 11.4 Å². The number of hydrogen-bond donors (Lipinski definition) is 1. The molecule has 0 spiro atoms. The van der Waals surface area contributed by atoms with E-state index >= 15 is 0 Å². The maximum absolute atomic E-state index is 12.0. The molecule has 2 heterocycles. The van der Waals surface area contributed by atoms with Crippen molar-refractivity contribution in [2.24, 2.45) is 0 Å². The minimum Gasteiger partial charge on any atom is -0.748 e. The Morgan fingerprint density at radius 1 is 0.656 bits per heavy atom. The van der Waals surface area contributed by atoms with Gasteiger partial charge in [-0.05, 0) is 87.9 Å². The van der Waals surface area contributed by atoms with Gasteiger partial charge in [0.2, 0.25) is 5.69 Å². The molecule has 0 saturated heterocycles. The van der Waals surface area contributed by atoms with Crippen LogP contribution >= 0.6 is 0 Å². The van der Waals surface area contributed by atoms with Crippen molar-refractivity contribution in [2.75, 3.05) is 35.2 Å². The third-order valence-corrected chi connectivity index (χ3v) is 14.4. The van der Waals surface area contributed by atoms with Gasteiger partial charge in [-0.1, -0.05) is 18.2 Å². The van der Waals surface area contributed by atoms with Crippen LogP contribution in [-0.2, 0) is 66.2 Å². The summed E-state index contributed by atoms with van der Waals surface area (Å²) in [6, 6.07) is 7.07. The minimum atomic E-state index is -4.99. The fourth-order valence-electron chi connectivity index (χ4n) is 7.73. The van der Waals surface area contributed by atoms with Crippen LogP contribution in [0.1, 0.15) is 69.9 Å². The van der Waals surface area contributed by atoms with E-state index < -0.39 is 94.4 Å². The average molecular weight is 1030 g/mol. The molecule has 0 fully saturated rings. The first-order valence-corrected chi connectivity index (χ1v) is 25.7. The van der Waals surface area contributed by atoms with Crippen LogP contribution in [0.3, 0.4) is 0 Å². The molecule has 2 atom stereocenters. The van der Waals surface area contributed by atoms with E-state index in [1.165, 1.54) is 42.5 Å². The number of nitrogens with zero attached hydrogens (tertiary/aromatic N) is 2.